The van der Waals surface area contributed by atoms with Crippen molar-refractivity contribution in [3.8, 4) is 0 Å². The maximum Gasteiger partial charge on any atom is 0.220 e. The fourth-order valence-electron chi connectivity index (χ4n) is 2.26. The van der Waals surface area contributed by atoms with Crippen molar-refractivity contribution in [3.05, 3.63) is 72.9 Å². The lowest BCUT2D eigenvalue weighted by atomic mass is 10.2. The Hall–Kier alpha value is -2.13. The summed E-state index contributed by atoms with van der Waals surface area (Å²) in [7, 11) is 0. The summed E-state index contributed by atoms with van der Waals surface area (Å²) >= 11 is 0. The summed E-state index contributed by atoms with van der Waals surface area (Å²) < 4.78 is 0. The molecule has 0 saturated carbocycles. The maximum atomic E-state index is 11.6. The topological polar surface area (TPSA) is 55.1 Å². The molecule has 0 rings (SSSR count). The minimum atomic E-state index is 0.0535. The van der Waals surface area contributed by atoms with Crippen LogP contribution in [0.3, 0.4) is 0 Å². The van der Waals surface area contributed by atoms with E-state index in [9.17, 15) is 4.79 Å². The molecule has 3 N–H and O–H groups in total. The summed E-state index contributed by atoms with van der Waals surface area (Å²) in [5.41, 5.74) is 5.47. The van der Waals surface area contributed by atoms with Crippen molar-refractivity contribution in [2.75, 3.05) is 6.54 Å². The molecule has 0 aromatic heterocycles. The first-order chi connectivity index (χ1) is 13.7. The van der Waals surface area contributed by atoms with Crippen molar-refractivity contribution < 1.29 is 4.79 Å². The van der Waals surface area contributed by atoms with E-state index in [1.807, 2.05) is 6.92 Å². The largest absolute Gasteiger partial charge is 0.352 e. The molecule has 0 spiro atoms. The molecule has 0 aromatic carbocycles. The van der Waals surface area contributed by atoms with Gasteiger partial charge in [0.2, 0.25) is 5.91 Å². The standard InChI is InChI=1S/C25H40N2O/c1-3-4-5-6-7-8-9-10-11-12-13-14-15-16-17-18-19-20-21-22-25(28)27-24(2)23-26/h4-5,7-8,10-11,13-14,16-17,19-20,24H,3,6,9,12,15,18,21-23,26H2,1-2H3,(H,27,28)/b5-4-,8-7-,11-10-,14-13+,17-16-,20-19-. The quantitative estimate of drug-likeness (QED) is 0.324. The zero-order valence-corrected chi connectivity index (χ0v) is 17.9. The minimum absolute atomic E-state index is 0.0535. The summed E-state index contributed by atoms with van der Waals surface area (Å²) in [5.74, 6) is 0.0671. The lowest BCUT2D eigenvalue weighted by molar-refractivity contribution is -0.121. The van der Waals surface area contributed by atoms with Gasteiger partial charge in [-0.25, -0.2) is 0 Å². The van der Waals surface area contributed by atoms with Crippen molar-refractivity contribution in [1.82, 2.24) is 5.32 Å². The number of allylic oxidation sites excluding steroid dienone is 12. The van der Waals surface area contributed by atoms with E-state index >= 15 is 0 Å². The highest BCUT2D eigenvalue weighted by molar-refractivity contribution is 5.76. The maximum absolute atomic E-state index is 11.6. The molecule has 0 aliphatic heterocycles. The molecular weight excluding hydrogens is 344 g/mol. The van der Waals surface area contributed by atoms with E-state index in [1.54, 1.807) is 0 Å². The van der Waals surface area contributed by atoms with Gasteiger partial charge in [0, 0.05) is 19.0 Å². The molecular formula is C25H40N2O. The zero-order chi connectivity index (χ0) is 20.7. The third-order valence-corrected chi connectivity index (χ3v) is 3.90. The van der Waals surface area contributed by atoms with Gasteiger partial charge in [-0.15, -0.1) is 0 Å². The number of carbonyl (C=O) groups excluding carboxylic acids is 1. The van der Waals surface area contributed by atoms with Crippen LogP contribution in [0.1, 0.15) is 65.2 Å². The average molecular weight is 385 g/mol. The first-order valence-electron chi connectivity index (χ1n) is 10.6. The second-order valence-electron chi connectivity index (χ2n) is 6.66. The van der Waals surface area contributed by atoms with Gasteiger partial charge >= 0.3 is 0 Å². The van der Waals surface area contributed by atoms with Crippen LogP contribution in [0.15, 0.2) is 72.9 Å². The van der Waals surface area contributed by atoms with E-state index < -0.39 is 0 Å². The van der Waals surface area contributed by atoms with Crippen LogP contribution in [0.5, 0.6) is 0 Å². The van der Waals surface area contributed by atoms with E-state index in [0.29, 0.717) is 13.0 Å². The molecule has 0 aromatic rings. The Bertz CT molecular complexity index is 539. The highest BCUT2D eigenvalue weighted by Crippen LogP contribution is 1.98. The van der Waals surface area contributed by atoms with Crippen LogP contribution in [0.25, 0.3) is 0 Å². The van der Waals surface area contributed by atoms with Crippen LogP contribution in [0, 0.1) is 0 Å². The third kappa shape index (κ3) is 20.2. The average Bonchev–Trinajstić information content (AvgIpc) is 2.69. The monoisotopic (exact) mass is 384 g/mol. The van der Waals surface area contributed by atoms with Crippen LogP contribution >= 0.6 is 0 Å². The number of nitrogens with one attached hydrogen (secondary N) is 1. The second-order valence-corrected chi connectivity index (χ2v) is 6.66. The number of hydrogen-bond donors (Lipinski definition) is 2. The Kier molecular flexibility index (Phi) is 19.6. The van der Waals surface area contributed by atoms with E-state index in [2.05, 4.69) is 85.2 Å². The van der Waals surface area contributed by atoms with Crippen molar-refractivity contribution in [3.63, 3.8) is 0 Å². The van der Waals surface area contributed by atoms with Gasteiger partial charge < -0.3 is 11.1 Å². The van der Waals surface area contributed by atoms with E-state index in [4.69, 9.17) is 5.73 Å². The van der Waals surface area contributed by atoms with Gasteiger partial charge in [-0.1, -0.05) is 79.8 Å². The van der Waals surface area contributed by atoms with Gasteiger partial charge in [-0.2, -0.15) is 0 Å². The summed E-state index contributed by atoms with van der Waals surface area (Å²) in [6.45, 7) is 4.54. The Balaban J connectivity index is 3.59. The molecule has 1 unspecified atom stereocenters. The lowest BCUT2D eigenvalue weighted by Gasteiger charge is -2.09. The molecule has 3 nitrogen and oxygen atoms in total. The van der Waals surface area contributed by atoms with Gasteiger partial charge in [-0.05, 0) is 51.9 Å². The molecule has 3 heteroatoms. The van der Waals surface area contributed by atoms with Crippen LogP contribution in [0.4, 0.5) is 0 Å². The summed E-state index contributed by atoms with van der Waals surface area (Å²) in [6, 6.07) is 0.0535. The second kappa shape index (κ2) is 21.2. The zero-order valence-electron chi connectivity index (χ0n) is 17.9. The van der Waals surface area contributed by atoms with Gasteiger partial charge in [0.25, 0.3) is 0 Å². The predicted molar refractivity (Wildman–Crippen MR) is 124 cm³/mol. The molecule has 0 aliphatic carbocycles. The normalized spacial score (nSPS) is 14.0. The number of amides is 1. The SMILES string of the molecule is CC/C=C\C/C=C\C/C=C\C/C=C/C/C=C\C/C=C\CCC(=O)NC(C)CN. The van der Waals surface area contributed by atoms with E-state index in [-0.39, 0.29) is 11.9 Å². The van der Waals surface area contributed by atoms with Crippen molar-refractivity contribution in [2.24, 2.45) is 5.73 Å². The first kappa shape index (κ1) is 25.9. The number of rotatable bonds is 16. The fourth-order valence-corrected chi connectivity index (χ4v) is 2.26. The van der Waals surface area contributed by atoms with Gasteiger partial charge in [-0.3, -0.25) is 4.79 Å². The Morgan fingerprint density at radius 1 is 0.750 bits per heavy atom. The molecule has 28 heavy (non-hydrogen) atoms. The molecule has 0 bridgehead atoms. The molecule has 1 amide bonds. The van der Waals surface area contributed by atoms with E-state index in [1.165, 1.54) is 0 Å². The number of hydrogen-bond acceptors (Lipinski definition) is 2. The molecule has 0 radical (unpaired) electrons. The summed E-state index contributed by atoms with van der Waals surface area (Å²) in [4.78, 5) is 11.6. The highest BCUT2D eigenvalue weighted by Gasteiger charge is 2.03. The van der Waals surface area contributed by atoms with Crippen molar-refractivity contribution >= 4 is 5.91 Å². The number of carbonyl (C=O) groups is 1. The molecule has 0 fully saturated rings. The van der Waals surface area contributed by atoms with Crippen LogP contribution in [-0.4, -0.2) is 18.5 Å². The van der Waals surface area contributed by atoms with Crippen molar-refractivity contribution in [2.45, 2.75) is 71.3 Å². The summed E-state index contributed by atoms with van der Waals surface area (Å²) in [6.07, 6.45) is 33.4. The Morgan fingerprint density at radius 3 is 1.54 bits per heavy atom. The van der Waals surface area contributed by atoms with Crippen LogP contribution < -0.4 is 11.1 Å². The van der Waals surface area contributed by atoms with Gasteiger partial charge in [0.1, 0.15) is 0 Å². The molecule has 156 valence electrons. The van der Waals surface area contributed by atoms with Gasteiger partial charge in [0.05, 0.1) is 0 Å². The van der Waals surface area contributed by atoms with Crippen molar-refractivity contribution in [1.29, 1.82) is 0 Å². The third-order valence-electron chi connectivity index (χ3n) is 3.90. The minimum Gasteiger partial charge on any atom is -0.352 e. The van der Waals surface area contributed by atoms with Crippen LogP contribution in [0.2, 0.25) is 0 Å². The fraction of sp³-hybridized carbons (Fsp3) is 0.480. The molecule has 0 aliphatic rings. The molecule has 1 atom stereocenters. The molecule has 0 saturated heterocycles. The first-order valence-corrected chi connectivity index (χ1v) is 10.6. The molecule has 0 heterocycles. The smallest absolute Gasteiger partial charge is 0.220 e. The van der Waals surface area contributed by atoms with Gasteiger partial charge in [0.15, 0.2) is 0 Å². The number of nitrogens with two attached hydrogens (primary N) is 1. The Morgan fingerprint density at radius 2 is 1.14 bits per heavy atom. The lowest BCUT2D eigenvalue weighted by Crippen LogP contribution is -2.37. The predicted octanol–water partition coefficient (Wildman–Crippen LogP) is 5.93. The Labute approximate surface area is 172 Å². The van der Waals surface area contributed by atoms with Crippen LogP contribution in [-0.2, 0) is 4.79 Å². The highest BCUT2D eigenvalue weighted by atomic mass is 16.1. The summed E-state index contributed by atoms with van der Waals surface area (Å²) in [5, 5.41) is 2.86. The van der Waals surface area contributed by atoms with E-state index in [0.717, 1.165) is 44.9 Å².